The summed E-state index contributed by atoms with van der Waals surface area (Å²) in [5.74, 6) is 0.556. The van der Waals surface area contributed by atoms with Gasteiger partial charge in [0.25, 0.3) is 0 Å². The van der Waals surface area contributed by atoms with Crippen LogP contribution in [0, 0.1) is 0 Å². The quantitative estimate of drug-likeness (QED) is 0.378. The van der Waals surface area contributed by atoms with E-state index in [-0.39, 0.29) is 12.6 Å². The minimum atomic E-state index is -3.50. The highest BCUT2D eigenvalue weighted by Crippen LogP contribution is 2.41. The highest BCUT2D eigenvalue weighted by molar-refractivity contribution is 7.92. The number of sulfonamides is 1. The molecule has 4 heterocycles. The highest BCUT2D eigenvalue weighted by atomic mass is 35.5. The molecule has 1 aliphatic heterocycles. The smallest absolute Gasteiger partial charge is 0.235 e. The summed E-state index contributed by atoms with van der Waals surface area (Å²) in [4.78, 5) is 12.3. The predicted molar refractivity (Wildman–Crippen MR) is 134 cm³/mol. The number of ether oxygens (including phenoxy) is 1. The van der Waals surface area contributed by atoms with E-state index in [0.29, 0.717) is 17.3 Å². The summed E-state index contributed by atoms with van der Waals surface area (Å²) in [6, 6.07) is 13.1. The second-order valence-corrected chi connectivity index (χ2v) is 10.4. The molecule has 1 aliphatic rings. The Labute approximate surface area is 203 Å². The average Bonchev–Trinajstić information content (AvgIpc) is 3.48. The van der Waals surface area contributed by atoms with Crippen molar-refractivity contribution in [3.8, 4) is 28.1 Å². The van der Waals surface area contributed by atoms with Gasteiger partial charge in [0.2, 0.25) is 10.0 Å². The lowest BCUT2D eigenvalue weighted by atomic mass is 10.0. The van der Waals surface area contributed by atoms with Crippen molar-refractivity contribution in [2.24, 2.45) is 0 Å². The lowest BCUT2D eigenvalue weighted by Gasteiger charge is -2.23. The first-order valence-corrected chi connectivity index (χ1v) is 12.8. The monoisotopic (exact) mass is 494 g/mol. The van der Waals surface area contributed by atoms with E-state index in [0.717, 1.165) is 51.7 Å². The van der Waals surface area contributed by atoms with Crippen molar-refractivity contribution in [3.05, 3.63) is 78.1 Å². The third-order valence-electron chi connectivity index (χ3n) is 6.01. The van der Waals surface area contributed by atoms with Crippen molar-refractivity contribution < 1.29 is 13.2 Å². The van der Waals surface area contributed by atoms with Crippen LogP contribution in [0.25, 0.3) is 33.4 Å². The molecule has 5 rings (SSSR count). The normalized spacial score (nSPS) is 16.7. The molecule has 0 amide bonds. The Morgan fingerprint density at radius 3 is 2.94 bits per heavy atom. The zero-order valence-electron chi connectivity index (χ0n) is 18.3. The number of benzene rings is 1. The van der Waals surface area contributed by atoms with Crippen molar-refractivity contribution in [2.75, 3.05) is 13.2 Å². The van der Waals surface area contributed by atoms with Gasteiger partial charge < -0.3 is 9.72 Å². The van der Waals surface area contributed by atoms with Gasteiger partial charge in [-0.15, -0.1) is 0 Å². The maximum Gasteiger partial charge on any atom is 0.235 e. The number of H-pyrrole nitrogens is 1. The van der Waals surface area contributed by atoms with Gasteiger partial charge in [0, 0.05) is 40.5 Å². The van der Waals surface area contributed by atoms with Crippen LogP contribution in [0.4, 0.5) is 0 Å². The number of hydrogen-bond donors (Lipinski definition) is 1. The van der Waals surface area contributed by atoms with Crippen molar-refractivity contribution in [2.45, 2.75) is 18.9 Å². The highest BCUT2D eigenvalue weighted by Gasteiger charge is 2.33. The number of nitrogens with zero attached hydrogens (tertiary/aromatic N) is 3. The lowest BCUT2D eigenvalue weighted by molar-refractivity contribution is 0.234. The summed E-state index contributed by atoms with van der Waals surface area (Å²) in [5.41, 5.74) is 5.17. The molecule has 1 N–H and O–H groups in total. The summed E-state index contributed by atoms with van der Waals surface area (Å²) in [6.45, 7) is 4.14. The molecule has 0 saturated carbocycles. The van der Waals surface area contributed by atoms with Gasteiger partial charge in [0.05, 0.1) is 29.0 Å². The van der Waals surface area contributed by atoms with Crippen LogP contribution in [-0.2, 0) is 10.0 Å². The molecule has 4 aromatic rings. The van der Waals surface area contributed by atoms with E-state index in [1.807, 2.05) is 42.5 Å². The van der Waals surface area contributed by atoms with E-state index in [2.05, 4.69) is 21.5 Å². The first-order chi connectivity index (χ1) is 16.5. The first-order valence-electron chi connectivity index (χ1n) is 10.9. The molecule has 34 heavy (non-hydrogen) atoms. The van der Waals surface area contributed by atoms with Crippen LogP contribution < -0.4 is 4.74 Å². The number of nitrogens with one attached hydrogen (secondary N) is 1. The number of halogens is 1. The van der Waals surface area contributed by atoms with Crippen LogP contribution >= 0.6 is 11.6 Å². The fourth-order valence-electron chi connectivity index (χ4n) is 4.44. The van der Waals surface area contributed by atoms with E-state index in [1.54, 1.807) is 18.6 Å². The minimum absolute atomic E-state index is 0.219. The zero-order chi connectivity index (χ0) is 23.7. The molecule has 0 spiro atoms. The van der Waals surface area contributed by atoms with Gasteiger partial charge in [-0.05, 0) is 48.7 Å². The van der Waals surface area contributed by atoms with E-state index in [1.165, 1.54) is 4.31 Å². The van der Waals surface area contributed by atoms with E-state index >= 15 is 0 Å². The Morgan fingerprint density at radius 1 is 1.24 bits per heavy atom. The molecular formula is C25H23ClN4O3S. The van der Waals surface area contributed by atoms with Crippen LogP contribution in [0.5, 0.6) is 5.75 Å². The SMILES string of the molecule is C=CS(=O)(=O)N1CCC[C@H]1COc1cnccc1-c1[nH]c2cccnc2c1-c1cccc(Cl)c1. The van der Waals surface area contributed by atoms with Crippen LogP contribution in [0.3, 0.4) is 0 Å². The standard InChI is InChI=1S/C25H23ClN4O3S/c1-2-34(31,32)30-13-5-8-19(30)16-33-22-15-27-12-10-20(22)24-23(17-6-3-7-18(26)14-17)25-21(29-24)9-4-11-28-25/h2-4,6-7,9-12,14-15,19,29H,1,5,8,13,16H2/t19-/m0/s1. The molecule has 1 fully saturated rings. The van der Waals surface area contributed by atoms with Crippen molar-refractivity contribution in [3.63, 3.8) is 0 Å². The zero-order valence-corrected chi connectivity index (χ0v) is 19.9. The van der Waals surface area contributed by atoms with E-state index in [9.17, 15) is 8.42 Å². The van der Waals surface area contributed by atoms with E-state index < -0.39 is 10.0 Å². The molecule has 1 aromatic carbocycles. The van der Waals surface area contributed by atoms with Crippen molar-refractivity contribution in [1.82, 2.24) is 19.3 Å². The Hall–Kier alpha value is -3.20. The summed E-state index contributed by atoms with van der Waals surface area (Å²) >= 11 is 6.30. The van der Waals surface area contributed by atoms with Gasteiger partial charge in [-0.2, -0.15) is 4.31 Å². The van der Waals surface area contributed by atoms with Crippen LogP contribution in [-0.4, -0.2) is 46.9 Å². The molecule has 3 aromatic heterocycles. The molecule has 7 nitrogen and oxygen atoms in total. The summed E-state index contributed by atoms with van der Waals surface area (Å²) in [7, 11) is -3.50. The maximum absolute atomic E-state index is 12.4. The Balaban J connectivity index is 1.55. The molecule has 0 radical (unpaired) electrons. The number of hydrogen-bond acceptors (Lipinski definition) is 5. The van der Waals surface area contributed by atoms with Gasteiger partial charge in [-0.1, -0.05) is 30.3 Å². The molecule has 174 valence electrons. The summed E-state index contributed by atoms with van der Waals surface area (Å²) in [5, 5.41) is 1.62. The van der Waals surface area contributed by atoms with Crippen molar-refractivity contribution >= 4 is 32.7 Å². The van der Waals surface area contributed by atoms with Gasteiger partial charge in [0.15, 0.2) is 0 Å². The largest absolute Gasteiger partial charge is 0.490 e. The minimum Gasteiger partial charge on any atom is -0.490 e. The molecule has 9 heteroatoms. The Morgan fingerprint density at radius 2 is 2.12 bits per heavy atom. The second-order valence-electron chi connectivity index (χ2n) is 8.09. The van der Waals surface area contributed by atoms with Crippen LogP contribution in [0.2, 0.25) is 5.02 Å². The number of aromatic amines is 1. The Kier molecular flexibility index (Phi) is 6.12. The van der Waals surface area contributed by atoms with Crippen LogP contribution in [0.1, 0.15) is 12.8 Å². The molecule has 0 unspecified atom stereocenters. The topological polar surface area (TPSA) is 88.2 Å². The fraction of sp³-hybridized carbons (Fsp3) is 0.200. The third kappa shape index (κ3) is 4.20. The summed E-state index contributed by atoms with van der Waals surface area (Å²) < 4.78 is 32.4. The first kappa shape index (κ1) is 22.6. The maximum atomic E-state index is 12.4. The van der Waals surface area contributed by atoms with Crippen LogP contribution in [0.15, 0.2) is 73.0 Å². The lowest BCUT2D eigenvalue weighted by Crippen LogP contribution is -2.37. The number of fused-ring (bicyclic) bond motifs is 1. The third-order valence-corrected chi connectivity index (χ3v) is 7.80. The second kappa shape index (κ2) is 9.21. The van der Waals surface area contributed by atoms with Gasteiger partial charge in [-0.25, -0.2) is 8.42 Å². The molecule has 0 aliphatic carbocycles. The van der Waals surface area contributed by atoms with Gasteiger partial charge >= 0.3 is 0 Å². The van der Waals surface area contributed by atoms with Gasteiger partial charge in [-0.3, -0.25) is 9.97 Å². The van der Waals surface area contributed by atoms with Crippen molar-refractivity contribution in [1.29, 1.82) is 0 Å². The molecule has 0 bridgehead atoms. The number of rotatable bonds is 7. The van der Waals surface area contributed by atoms with E-state index in [4.69, 9.17) is 16.3 Å². The molecule has 1 atom stereocenters. The molecule has 1 saturated heterocycles. The summed E-state index contributed by atoms with van der Waals surface area (Å²) in [6.07, 6.45) is 6.62. The number of pyridine rings is 2. The fourth-order valence-corrected chi connectivity index (χ4v) is 5.79. The Bertz CT molecular complexity index is 1470. The molecular weight excluding hydrogens is 472 g/mol. The predicted octanol–water partition coefficient (Wildman–Crippen LogP) is 5.26. The number of aromatic nitrogens is 3. The van der Waals surface area contributed by atoms with Gasteiger partial charge in [0.1, 0.15) is 12.4 Å². The average molecular weight is 495 g/mol.